The Morgan fingerprint density at radius 2 is 1.51 bits per heavy atom. The van der Waals surface area contributed by atoms with Gasteiger partial charge >= 0.3 is 23.9 Å². The Balaban J connectivity index is 2.67. The molecule has 0 spiro atoms. The van der Waals surface area contributed by atoms with E-state index in [9.17, 15) is 38.7 Å². The van der Waals surface area contributed by atoms with Gasteiger partial charge in [0.25, 0.3) is 11.8 Å². The lowest BCUT2D eigenvalue weighted by Crippen LogP contribution is -2.55. The maximum absolute atomic E-state index is 14.0. The largest absolute Gasteiger partial charge is 0.505 e. The highest BCUT2D eigenvalue weighted by atomic mass is 16.6. The van der Waals surface area contributed by atoms with Gasteiger partial charge in [0.1, 0.15) is 11.5 Å². The van der Waals surface area contributed by atoms with Gasteiger partial charge in [-0.2, -0.15) is 0 Å². The van der Waals surface area contributed by atoms with Crippen molar-refractivity contribution in [3.05, 3.63) is 23.8 Å². The number of anilines is 1. The van der Waals surface area contributed by atoms with Crippen LogP contribution in [0, 0.1) is 23.2 Å². The fourth-order valence-corrected chi connectivity index (χ4v) is 5.21. The van der Waals surface area contributed by atoms with Crippen LogP contribution < -0.4 is 16.4 Å². The van der Waals surface area contributed by atoms with Crippen LogP contribution in [0.3, 0.4) is 0 Å². The van der Waals surface area contributed by atoms with E-state index < -0.39 is 95.1 Å². The van der Waals surface area contributed by atoms with Gasteiger partial charge < -0.3 is 40.4 Å². The Kier molecular flexibility index (Phi) is 15.0. The molecule has 0 aliphatic carbocycles. The first kappa shape index (κ1) is 42.5. The number of aromatic hydroxyl groups is 1. The van der Waals surface area contributed by atoms with E-state index in [1.165, 1.54) is 45.9 Å². The maximum Gasteiger partial charge on any atom is 0.347 e. The van der Waals surface area contributed by atoms with Crippen LogP contribution in [0.15, 0.2) is 18.2 Å². The molecular formula is C36H53N3O12. The van der Waals surface area contributed by atoms with Gasteiger partial charge in [0.2, 0.25) is 0 Å². The molecule has 284 valence electrons. The molecule has 1 aliphatic heterocycles. The summed E-state index contributed by atoms with van der Waals surface area (Å²) in [6, 6.07) is 0.988. The van der Waals surface area contributed by atoms with Gasteiger partial charge in [-0.05, 0) is 70.9 Å². The number of carbonyl (C=O) groups is 7. The van der Waals surface area contributed by atoms with Crippen molar-refractivity contribution in [2.45, 2.75) is 125 Å². The second-order valence-corrected chi connectivity index (χ2v) is 14.4. The standard InChI is InChI=1S/C36H53N3O12/c1-11-19(6)28-31(43)38-24(15-17(2)3)29(41)36(9,10)35(47)50-25(16-18(4)5)33(45)48-20(7)26(34(46)49-21(8)32(44)51-28)39-30(42)22-13-12-14-23(37)27(22)40/h12-14,17-21,24-26,28,40H,11,15-16,37H2,1-10H3,(H,38,43)(H,39,42)/t19-,20+,21-,24-,25-,26-,28-/m0/s1. The summed E-state index contributed by atoms with van der Waals surface area (Å²) in [5.41, 5.74) is 3.42. The SMILES string of the molecule is CC[C@H](C)[C@@H]1OC(=O)[C@H](C)OC(=O)[C@@H](NC(=O)c2cccc(N)c2O)[C@@H](C)OC(=O)[C@H](CC(C)C)OC(=O)C(C)(C)C(=O)[C@H](CC(C)C)NC1=O. The first-order chi connectivity index (χ1) is 23.6. The van der Waals surface area contributed by atoms with Gasteiger partial charge in [-0.15, -0.1) is 0 Å². The van der Waals surface area contributed by atoms with E-state index in [2.05, 4.69) is 10.6 Å². The molecule has 51 heavy (non-hydrogen) atoms. The minimum absolute atomic E-state index is 0.0359. The molecule has 1 aromatic rings. The molecule has 1 heterocycles. The summed E-state index contributed by atoms with van der Waals surface area (Å²) >= 11 is 0. The Morgan fingerprint density at radius 1 is 0.902 bits per heavy atom. The van der Waals surface area contributed by atoms with Crippen LogP contribution in [0.2, 0.25) is 0 Å². The zero-order valence-electron chi connectivity index (χ0n) is 31.1. The van der Waals surface area contributed by atoms with Crippen LogP contribution in [-0.2, 0) is 47.7 Å². The highest BCUT2D eigenvalue weighted by Crippen LogP contribution is 2.28. The quantitative estimate of drug-likeness (QED) is 0.0998. The zero-order valence-corrected chi connectivity index (χ0v) is 31.1. The number of rotatable bonds is 8. The minimum atomic E-state index is -1.86. The Labute approximate surface area is 298 Å². The van der Waals surface area contributed by atoms with Crippen LogP contribution in [0.5, 0.6) is 5.75 Å². The molecule has 0 unspecified atom stereocenters. The first-order valence-electron chi connectivity index (χ1n) is 17.2. The third kappa shape index (κ3) is 11.1. The number of benzene rings is 1. The average molecular weight is 720 g/mol. The molecule has 1 fully saturated rings. The number of ether oxygens (including phenoxy) is 4. The van der Waals surface area contributed by atoms with Crippen LogP contribution in [0.1, 0.15) is 98.9 Å². The molecule has 15 nitrogen and oxygen atoms in total. The summed E-state index contributed by atoms with van der Waals surface area (Å²) in [4.78, 5) is 95.0. The van der Waals surface area contributed by atoms with E-state index in [1.807, 2.05) is 13.8 Å². The normalized spacial score (nSPS) is 26.2. The fraction of sp³-hybridized carbons (Fsp3) is 0.639. The Bertz CT molecular complexity index is 1470. The number of phenols is 1. The van der Waals surface area contributed by atoms with Crippen molar-refractivity contribution >= 4 is 47.2 Å². The predicted molar refractivity (Wildman–Crippen MR) is 184 cm³/mol. The fourth-order valence-electron chi connectivity index (χ4n) is 5.21. The molecule has 0 aromatic heterocycles. The second-order valence-electron chi connectivity index (χ2n) is 14.4. The van der Waals surface area contributed by atoms with Gasteiger partial charge in [-0.1, -0.05) is 47.6 Å². The Hall–Kier alpha value is -4.69. The van der Waals surface area contributed by atoms with Gasteiger partial charge in [0.05, 0.1) is 17.3 Å². The van der Waals surface area contributed by atoms with Gasteiger partial charge in [0.15, 0.2) is 35.9 Å². The topological polar surface area (TPSA) is 227 Å². The van der Waals surface area contributed by atoms with Gasteiger partial charge in [-0.3, -0.25) is 19.2 Å². The number of amides is 2. The van der Waals surface area contributed by atoms with Crippen molar-refractivity contribution < 1.29 is 57.6 Å². The highest BCUT2D eigenvalue weighted by Gasteiger charge is 2.46. The number of cyclic esters (lactones) is 4. The second kappa shape index (κ2) is 18.0. The van der Waals surface area contributed by atoms with Crippen molar-refractivity contribution in [1.82, 2.24) is 10.6 Å². The highest BCUT2D eigenvalue weighted by molar-refractivity contribution is 6.07. The summed E-state index contributed by atoms with van der Waals surface area (Å²) < 4.78 is 22.1. The number of phenolic OH excluding ortho intramolecular Hbond substituents is 1. The molecule has 1 aliphatic rings. The van der Waals surface area contributed by atoms with Gasteiger partial charge in [-0.25, -0.2) is 14.4 Å². The molecule has 7 atom stereocenters. The molecule has 2 amide bonds. The average Bonchev–Trinajstić information content (AvgIpc) is 3.04. The Morgan fingerprint density at radius 3 is 2.08 bits per heavy atom. The zero-order chi connectivity index (χ0) is 39.0. The van der Waals surface area contributed by atoms with Crippen molar-refractivity contribution in [3.8, 4) is 5.75 Å². The van der Waals surface area contributed by atoms with Crippen LogP contribution in [0.25, 0.3) is 0 Å². The predicted octanol–water partition coefficient (Wildman–Crippen LogP) is 2.99. The van der Waals surface area contributed by atoms with Crippen molar-refractivity contribution in [1.29, 1.82) is 0 Å². The summed E-state index contributed by atoms with van der Waals surface area (Å²) in [6.07, 6.45) is -5.62. The third-order valence-electron chi connectivity index (χ3n) is 8.58. The van der Waals surface area contributed by atoms with Crippen molar-refractivity contribution in [3.63, 3.8) is 0 Å². The smallest absolute Gasteiger partial charge is 0.347 e. The lowest BCUT2D eigenvalue weighted by Gasteiger charge is -2.32. The van der Waals surface area contributed by atoms with E-state index in [4.69, 9.17) is 24.7 Å². The number of ketones is 1. The van der Waals surface area contributed by atoms with Crippen LogP contribution in [0.4, 0.5) is 5.69 Å². The number of nitrogens with one attached hydrogen (secondary N) is 2. The number of Topliss-reactive ketones (excluding diaryl/α,β-unsaturated/α-hetero) is 1. The first-order valence-corrected chi connectivity index (χ1v) is 17.2. The van der Waals surface area contributed by atoms with Crippen molar-refractivity contribution in [2.24, 2.45) is 23.2 Å². The molecule has 0 radical (unpaired) electrons. The number of esters is 4. The number of para-hydroxylation sites is 1. The van der Waals surface area contributed by atoms with Gasteiger partial charge in [0, 0.05) is 5.92 Å². The number of nitrogens with two attached hydrogens (primary N) is 1. The van der Waals surface area contributed by atoms with E-state index in [0.29, 0.717) is 6.42 Å². The molecule has 0 saturated carbocycles. The summed E-state index contributed by atoms with van der Waals surface area (Å²) in [6.45, 7) is 15.7. The van der Waals surface area contributed by atoms with Crippen molar-refractivity contribution in [2.75, 3.05) is 5.73 Å². The molecule has 15 heteroatoms. The lowest BCUT2D eigenvalue weighted by molar-refractivity contribution is -0.183. The van der Waals surface area contributed by atoms with E-state index in [1.54, 1.807) is 27.7 Å². The third-order valence-corrected chi connectivity index (χ3v) is 8.58. The molecule has 0 bridgehead atoms. The van der Waals surface area contributed by atoms with E-state index in [-0.39, 0.29) is 35.9 Å². The number of hydrogen-bond donors (Lipinski definition) is 4. The minimum Gasteiger partial charge on any atom is -0.505 e. The lowest BCUT2D eigenvalue weighted by atomic mass is 9.81. The summed E-state index contributed by atoms with van der Waals surface area (Å²) in [7, 11) is 0. The summed E-state index contributed by atoms with van der Waals surface area (Å²) in [5, 5.41) is 15.4. The monoisotopic (exact) mass is 719 g/mol. The molecule has 1 aromatic carbocycles. The number of nitrogen functional groups attached to an aromatic ring is 1. The molecule has 5 N–H and O–H groups in total. The van der Waals surface area contributed by atoms with Crippen LogP contribution >= 0.6 is 0 Å². The number of hydrogen-bond acceptors (Lipinski definition) is 13. The molecule has 1 saturated heterocycles. The molecular weight excluding hydrogens is 666 g/mol. The van der Waals surface area contributed by atoms with E-state index in [0.717, 1.165) is 0 Å². The number of carbonyl (C=O) groups excluding carboxylic acids is 7. The van der Waals surface area contributed by atoms with Crippen LogP contribution in [-0.4, -0.2) is 83.1 Å². The summed E-state index contributed by atoms with van der Waals surface area (Å²) in [5.74, 6) is -8.45. The maximum atomic E-state index is 14.0. The molecule has 2 rings (SSSR count). The van der Waals surface area contributed by atoms with E-state index >= 15 is 0 Å².